The van der Waals surface area contributed by atoms with Crippen LogP contribution in [0, 0.1) is 18.8 Å². The first kappa shape index (κ1) is 15.1. The van der Waals surface area contributed by atoms with Gasteiger partial charge in [-0.3, -0.25) is 4.72 Å². The van der Waals surface area contributed by atoms with Crippen LogP contribution in [0.15, 0.2) is 53.4 Å². The number of sulfonamides is 1. The second-order valence-electron chi connectivity index (χ2n) is 4.43. The van der Waals surface area contributed by atoms with Crippen LogP contribution in [-0.4, -0.2) is 20.1 Å². The second-order valence-corrected chi connectivity index (χ2v) is 6.11. The maximum atomic E-state index is 12.3. The van der Waals surface area contributed by atoms with Crippen molar-refractivity contribution in [2.75, 3.05) is 11.3 Å². The molecule has 2 N–H and O–H groups in total. The van der Waals surface area contributed by atoms with Gasteiger partial charge in [-0.1, -0.05) is 36.1 Å². The molecule has 0 saturated carbocycles. The fourth-order valence-corrected chi connectivity index (χ4v) is 2.89. The predicted octanol–water partition coefficient (Wildman–Crippen LogP) is 2.14. The molecule has 0 aliphatic rings. The van der Waals surface area contributed by atoms with Gasteiger partial charge < -0.3 is 5.11 Å². The van der Waals surface area contributed by atoms with E-state index in [1.807, 2.05) is 6.92 Å². The Hall–Kier alpha value is -2.29. The lowest BCUT2D eigenvalue weighted by molar-refractivity contribution is 0.350. The van der Waals surface area contributed by atoms with Gasteiger partial charge in [0.25, 0.3) is 10.0 Å². The van der Waals surface area contributed by atoms with Gasteiger partial charge in [-0.25, -0.2) is 8.42 Å². The number of aliphatic hydroxyl groups is 1. The lowest BCUT2D eigenvalue weighted by atomic mass is 10.1. The average Bonchev–Trinajstić information content (AvgIpc) is 2.48. The van der Waals surface area contributed by atoms with Crippen LogP contribution < -0.4 is 4.72 Å². The van der Waals surface area contributed by atoms with Crippen molar-refractivity contribution in [2.45, 2.75) is 11.8 Å². The first-order valence-corrected chi connectivity index (χ1v) is 7.79. The molecule has 108 valence electrons. The molecule has 0 aliphatic carbocycles. The fraction of sp³-hybridized carbons (Fsp3) is 0.125. The van der Waals surface area contributed by atoms with Crippen molar-refractivity contribution in [1.29, 1.82) is 0 Å². The smallest absolute Gasteiger partial charge is 0.261 e. The minimum absolute atomic E-state index is 0.187. The van der Waals surface area contributed by atoms with Gasteiger partial charge in [0.1, 0.15) is 6.61 Å². The van der Waals surface area contributed by atoms with Gasteiger partial charge in [0.05, 0.1) is 10.6 Å². The molecule has 2 aromatic carbocycles. The summed E-state index contributed by atoms with van der Waals surface area (Å²) in [6.45, 7) is 1.61. The molecule has 0 unspecified atom stereocenters. The Morgan fingerprint density at radius 3 is 2.52 bits per heavy atom. The van der Waals surface area contributed by atoms with Crippen LogP contribution in [0.25, 0.3) is 0 Å². The van der Waals surface area contributed by atoms with Gasteiger partial charge in [-0.15, -0.1) is 0 Å². The van der Waals surface area contributed by atoms with Crippen LogP contribution >= 0.6 is 0 Å². The molecule has 0 aromatic heterocycles. The van der Waals surface area contributed by atoms with Crippen LogP contribution in [0.3, 0.4) is 0 Å². The third-order valence-electron chi connectivity index (χ3n) is 2.78. The van der Waals surface area contributed by atoms with E-state index in [2.05, 4.69) is 16.6 Å². The summed E-state index contributed by atoms with van der Waals surface area (Å²) in [5.41, 5.74) is 1.88. The number of anilines is 1. The lowest BCUT2D eigenvalue weighted by Gasteiger charge is -2.10. The lowest BCUT2D eigenvalue weighted by Crippen LogP contribution is -2.13. The number of aryl methyl sites for hydroxylation is 1. The first-order valence-electron chi connectivity index (χ1n) is 6.31. The Balaban J connectivity index is 2.40. The molecule has 0 amide bonds. The third kappa shape index (κ3) is 3.85. The van der Waals surface area contributed by atoms with E-state index in [-0.39, 0.29) is 11.5 Å². The standard InChI is InChI=1S/C16H15NO3S/c1-13-9-10-16(14(12-13)6-5-11-18)17-21(19,20)15-7-3-2-4-8-15/h2-4,7-10,12,17-18H,11H2,1H3. The molecular formula is C16H15NO3S. The highest BCUT2D eigenvalue weighted by molar-refractivity contribution is 7.92. The minimum Gasteiger partial charge on any atom is -0.384 e. The summed E-state index contributed by atoms with van der Waals surface area (Å²) in [6, 6.07) is 13.4. The molecule has 21 heavy (non-hydrogen) atoms. The molecule has 2 rings (SSSR count). The van der Waals surface area contributed by atoms with E-state index in [1.165, 1.54) is 12.1 Å². The first-order chi connectivity index (χ1) is 10.0. The van der Waals surface area contributed by atoms with Crippen molar-refractivity contribution in [2.24, 2.45) is 0 Å². The molecule has 0 bridgehead atoms. The second kappa shape index (κ2) is 6.44. The number of hydrogen-bond acceptors (Lipinski definition) is 3. The molecule has 2 aromatic rings. The molecule has 0 spiro atoms. The van der Waals surface area contributed by atoms with Gasteiger partial charge in [0.15, 0.2) is 0 Å². The van der Waals surface area contributed by atoms with E-state index in [9.17, 15) is 8.42 Å². The van der Waals surface area contributed by atoms with Crippen LogP contribution in [0.5, 0.6) is 0 Å². The average molecular weight is 301 g/mol. The molecule has 4 nitrogen and oxygen atoms in total. The molecule has 0 atom stereocenters. The van der Waals surface area contributed by atoms with Crippen molar-refractivity contribution in [3.63, 3.8) is 0 Å². The molecule has 0 saturated heterocycles. The Kier molecular flexibility index (Phi) is 4.63. The van der Waals surface area contributed by atoms with Crippen molar-refractivity contribution in [1.82, 2.24) is 0 Å². The zero-order valence-electron chi connectivity index (χ0n) is 11.5. The third-order valence-corrected chi connectivity index (χ3v) is 4.16. The normalized spacial score (nSPS) is 10.6. The number of benzene rings is 2. The number of hydrogen-bond donors (Lipinski definition) is 2. The Bertz CT molecular complexity index is 787. The molecular weight excluding hydrogens is 286 g/mol. The highest BCUT2D eigenvalue weighted by Gasteiger charge is 2.15. The van der Waals surface area contributed by atoms with E-state index in [0.717, 1.165) is 5.56 Å². The van der Waals surface area contributed by atoms with Crippen molar-refractivity contribution in [3.05, 3.63) is 59.7 Å². The number of nitrogens with one attached hydrogen (secondary N) is 1. The molecule has 0 radical (unpaired) electrons. The van der Waals surface area contributed by atoms with Gasteiger partial charge in [-0.2, -0.15) is 0 Å². The maximum Gasteiger partial charge on any atom is 0.261 e. The highest BCUT2D eigenvalue weighted by atomic mass is 32.2. The fourth-order valence-electron chi connectivity index (χ4n) is 1.79. The zero-order chi connectivity index (χ0) is 15.3. The van der Waals surface area contributed by atoms with Crippen LogP contribution in [0.1, 0.15) is 11.1 Å². The largest absolute Gasteiger partial charge is 0.384 e. The molecule has 0 heterocycles. The van der Waals surface area contributed by atoms with Crippen LogP contribution in [-0.2, 0) is 10.0 Å². The van der Waals surface area contributed by atoms with Crippen molar-refractivity contribution in [3.8, 4) is 11.8 Å². The number of rotatable bonds is 3. The summed E-state index contributed by atoms with van der Waals surface area (Å²) in [7, 11) is -3.65. The monoisotopic (exact) mass is 301 g/mol. The highest BCUT2D eigenvalue weighted by Crippen LogP contribution is 2.20. The Morgan fingerprint density at radius 1 is 1.14 bits per heavy atom. The Morgan fingerprint density at radius 2 is 1.86 bits per heavy atom. The van der Waals surface area contributed by atoms with E-state index in [1.54, 1.807) is 36.4 Å². The topological polar surface area (TPSA) is 66.4 Å². The van der Waals surface area contributed by atoms with Gasteiger partial charge in [0.2, 0.25) is 0 Å². The summed E-state index contributed by atoms with van der Waals surface area (Å²) in [6.07, 6.45) is 0. The summed E-state index contributed by atoms with van der Waals surface area (Å²) >= 11 is 0. The minimum atomic E-state index is -3.65. The summed E-state index contributed by atoms with van der Waals surface area (Å²) < 4.78 is 27.1. The maximum absolute atomic E-state index is 12.3. The summed E-state index contributed by atoms with van der Waals surface area (Å²) in [5, 5.41) is 8.79. The zero-order valence-corrected chi connectivity index (χ0v) is 12.3. The number of aliphatic hydroxyl groups excluding tert-OH is 1. The summed E-state index contributed by atoms with van der Waals surface area (Å²) in [5.74, 6) is 5.28. The van der Waals surface area contributed by atoms with Crippen molar-refractivity contribution < 1.29 is 13.5 Å². The molecule has 0 fully saturated rings. The van der Waals surface area contributed by atoms with Crippen molar-refractivity contribution >= 4 is 15.7 Å². The van der Waals surface area contributed by atoms with E-state index >= 15 is 0 Å². The summed E-state index contributed by atoms with van der Waals surface area (Å²) in [4.78, 5) is 0.187. The van der Waals surface area contributed by atoms with Gasteiger partial charge >= 0.3 is 0 Å². The SMILES string of the molecule is Cc1ccc(NS(=O)(=O)c2ccccc2)c(C#CCO)c1. The molecule has 5 heteroatoms. The van der Waals surface area contributed by atoms with Crippen LogP contribution in [0.4, 0.5) is 5.69 Å². The van der Waals surface area contributed by atoms with E-state index in [4.69, 9.17) is 5.11 Å². The predicted molar refractivity (Wildman–Crippen MR) is 82.4 cm³/mol. The van der Waals surface area contributed by atoms with E-state index in [0.29, 0.717) is 11.3 Å². The Labute approximate surface area is 124 Å². The van der Waals surface area contributed by atoms with E-state index < -0.39 is 10.0 Å². The van der Waals surface area contributed by atoms with Gasteiger partial charge in [0, 0.05) is 5.56 Å². The molecule has 0 aliphatic heterocycles. The quantitative estimate of drug-likeness (QED) is 0.854. The van der Waals surface area contributed by atoms with Gasteiger partial charge in [-0.05, 0) is 36.8 Å². The van der Waals surface area contributed by atoms with Crippen LogP contribution in [0.2, 0.25) is 0 Å².